The first-order chi connectivity index (χ1) is 13.1. The number of amides is 1. The summed E-state index contributed by atoms with van der Waals surface area (Å²) < 4.78 is 27.0. The van der Waals surface area contributed by atoms with E-state index >= 15 is 0 Å². The van der Waals surface area contributed by atoms with Gasteiger partial charge in [0.05, 0.1) is 4.88 Å². The predicted molar refractivity (Wildman–Crippen MR) is 110 cm³/mol. The summed E-state index contributed by atoms with van der Waals surface area (Å²) >= 11 is 1.37. The predicted octanol–water partition coefficient (Wildman–Crippen LogP) is 5.50. The van der Waals surface area contributed by atoms with E-state index in [4.69, 9.17) is 5.73 Å². The molecule has 0 bridgehead atoms. The van der Waals surface area contributed by atoms with Crippen molar-refractivity contribution >= 4 is 22.9 Å². The third kappa shape index (κ3) is 4.39. The van der Waals surface area contributed by atoms with Crippen LogP contribution in [0.4, 0.5) is 14.5 Å². The molecule has 1 amide bonds. The van der Waals surface area contributed by atoms with Crippen LogP contribution in [0.15, 0.2) is 48.5 Å². The van der Waals surface area contributed by atoms with Crippen molar-refractivity contribution in [2.45, 2.75) is 32.7 Å². The van der Waals surface area contributed by atoms with Crippen LogP contribution in [0.2, 0.25) is 0 Å². The van der Waals surface area contributed by atoms with Crippen molar-refractivity contribution in [1.29, 1.82) is 0 Å². The molecular weight excluding hydrogens is 378 g/mol. The zero-order chi connectivity index (χ0) is 20.5. The standard InChI is InChI=1S/C22H22F2N2OS/c1-22(2,3)15-6-4-14(5-7-15)18-8-9-19(28-18)21(27)26-12-13-10-16(23)20(25)17(24)11-13/h4-11H,12,25H2,1-3H3,(H,26,27). The Morgan fingerprint density at radius 3 is 2.21 bits per heavy atom. The smallest absolute Gasteiger partial charge is 0.261 e. The molecule has 1 heterocycles. The van der Waals surface area contributed by atoms with Gasteiger partial charge in [-0.2, -0.15) is 0 Å². The van der Waals surface area contributed by atoms with Gasteiger partial charge in [-0.25, -0.2) is 8.78 Å². The van der Waals surface area contributed by atoms with Crippen LogP contribution in [0.3, 0.4) is 0 Å². The lowest BCUT2D eigenvalue weighted by molar-refractivity contribution is 0.0955. The first-order valence-electron chi connectivity index (χ1n) is 8.87. The Balaban J connectivity index is 1.69. The third-order valence-corrected chi connectivity index (χ3v) is 5.59. The van der Waals surface area contributed by atoms with Crippen LogP contribution in [-0.2, 0) is 12.0 Å². The molecule has 0 aliphatic heterocycles. The van der Waals surface area contributed by atoms with Gasteiger partial charge in [-0.05, 0) is 46.4 Å². The van der Waals surface area contributed by atoms with E-state index in [0.29, 0.717) is 10.4 Å². The lowest BCUT2D eigenvalue weighted by atomic mass is 9.86. The van der Waals surface area contributed by atoms with Crippen molar-refractivity contribution < 1.29 is 13.6 Å². The molecule has 0 aliphatic carbocycles. The summed E-state index contributed by atoms with van der Waals surface area (Å²) in [6.45, 7) is 6.50. The van der Waals surface area contributed by atoms with Crippen LogP contribution >= 0.6 is 11.3 Å². The molecule has 0 saturated heterocycles. The first kappa shape index (κ1) is 20.0. The van der Waals surface area contributed by atoms with Crippen LogP contribution in [0.25, 0.3) is 10.4 Å². The van der Waals surface area contributed by atoms with E-state index in [0.717, 1.165) is 22.6 Å². The number of halogens is 2. The average molecular weight is 400 g/mol. The van der Waals surface area contributed by atoms with Gasteiger partial charge in [-0.1, -0.05) is 45.0 Å². The second-order valence-corrected chi connectivity index (χ2v) is 8.73. The van der Waals surface area contributed by atoms with E-state index in [2.05, 4.69) is 38.2 Å². The van der Waals surface area contributed by atoms with Gasteiger partial charge in [-0.15, -0.1) is 11.3 Å². The monoisotopic (exact) mass is 400 g/mol. The van der Waals surface area contributed by atoms with Gasteiger partial charge in [0.1, 0.15) is 17.3 Å². The molecule has 6 heteroatoms. The maximum atomic E-state index is 13.5. The molecule has 2 aromatic carbocycles. The summed E-state index contributed by atoms with van der Waals surface area (Å²) in [6.07, 6.45) is 0. The normalized spacial score (nSPS) is 11.5. The molecule has 0 fully saturated rings. The Kier molecular flexibility index (Phi) is 5.52. The lowest BCUT2D eigenvalue weighted by Crippen LogP contribution is -2.22. The fraction of sp³-hybridized carbons (Fsp3) is 0.227. The van der Waals surface area contributed by atoms with E-state index in [1.807, 2.05) is 18.2 Å². The largest absolute Gasteiger partial charge is 0.394 e. The molecule has 3 N–H and O–H groups in total. The zero-order valence-corrected chi connectivity index (χ0v) is 16.8. The van der Waals surface area contributed by atoms with Crippen LogP contribution in [0.5, 0.6) is 0 Å². The number of anilines is 1. The minimum absolute atomic E-state index is 0.0144. The molecule has 0 saturated carbocycles. The highest BCUT2D eigenvalue weighted by Crippen LogP contribution is 2.30. The van der Waals surface area contributed by atoms with Gasteiger partial charge in [0.15, 0.2) is 0 Å². The Bertz CT molecular complexity index is 981. The fourth-order valence-corrected chi connectivity index (χ4v) is 3.69. The number of nitrogens with one attached hydrogen (secondary N) is 1. The van der Waals surface area contributed by atoms with Crippen LogP contribution in [0, 0.1) is 11.6 Å². The minimum atomic E-state index is -0.832. The Morgan fingerprint density at radius 1 is 1.04 bits per heavy atom. The van der Waals surface area contributed by atoms with Gasteiger partial charge in [0.2, 0.25) is 0 Å². The molecule has 0 atom stereocenters. The zero-order valence-electron chi connectivity index (χ0n) is 16.0. The number of rotatable bonds is 4. The maximum Gasteiger partial charge on any atom is 0.261 e. The summed E-state index contributed by atoms with van der Waals surface area (Å²) in [4.78, 5) is 13.9. The number of thiophene rings is 1. The molecule has 28 heavy (non-hydrogen) atoms. The number of hydrogen-bond donors (Lipinski definition) is 2. The van der Waals surface area contributed by atoms with Crippen LogP contribution in [0.1, 0.15) is 41.6 Å². The van der Waals surface area contributed by atoms with Crippen molar-refractivity contribution in [3.05, 3.63) is 76.2 Å². The lowest BCUT2D eigenvalue weighted by Gasteiger charge is -2.18. The fourth-order valence-electron chi connectivity index (χ4n) is 2.76. The van der Waals surface area contributed by atoms with Crippen molar-refractivity contribution in [1.82, 2.24) is 5.32 Å². The van der Waals surface area contributed by atoms with Crippen LogP contribution in [-0.4, -0.2) is 5.91 Å². The van der Waals surface area contributed by atoms with E-state index in [-0.39, 0.29) is 17.9 Å². The quantitative estimate of drug-likeness (QED) is 0.568. The summed E-state index contributed by atoms with van der Waals surface area (Å²) in [5.74, 6) is -1.96. The Morgan fingerprint density at radius 2 is 1.64 bits per heavy atom. The number of benzene rings is 2. The highest BCUT2D eigenvalue weighted by Gasteiger charge is 2.15. The van der Waals surface area contributed by atoms with Crippen molar-refractivity contribution in [3.63, 3.8) is 0 Å². The van der Waals surface area contributed by atoms with Crippen LogP contribution < -0.4 is 11.1 Å². The minimum Gasteiger partial charge on any atom is -0.394 e. The first-order valence-corrected chi connectivity index (χ1v) is 9.69. The molecule has 3 rings (SSSR count). The molecule has 0 aliphatic rings. The van der Waals surface area contributed by atoms with Crippen molar-refractivity contribution in [2.75, 3.05) is 5.73 Å². The van der Waals surface area contributed by atoms with E-state index in [1.165, 1.54) is 16.9 Å². The third-order valence-electron chi connectivity index (χ3n) is 4.46. The van der Waals surface area contributed by atoms with Gasteiger partial charge in [-0.3, -0.25) is 4.79 Å². The molecular formula is C22H22F2N2OS. The SMILES string of the molecule is CC(C)(C)c1ccc(-c2ccc(C(=O)NCc3cc(F)c(N)c(F)c3)s2)cc1. The molecule has 0 spiro atoms. The van der Waals surface area contributed by atoms with Gasteiger partial charge in [0, 0.05) is 11.4 Å². The Labute approximate surface area is 167 Å². The number of carbonyl (C=O) groups excluding carboxylic acids is 1. The summed E-state index contributed by atoms with van der Waals surface area (Å²) in [6, 6.07) is 14.2. The van der Waals surface area contributed by atoms with E-state index < -0.39 is 17.3 Å². The molecule has 146 valence electrons. The summed E-state index contributed by atoms with van der Waals surface area (Å²) in [7, 11) is 0. The Hall–Kier alpha value is -2.73. The summed E-state index contributed by atoms with van der Waals surface area (Å²) in [5.41, 5.74) is 7.42. The maximum absolute atomic E-state index is 13.5. The highest BCUT2D eigenvalue weighted by molar-refractivity contribution is 7.17. The molecule has 0 radical (unpaired) electrons. The van der Waals surface area contributed by atoms with Gasteiger partial charge >= 0.3 is 0 Å². The molecule has 3 aromatic rings. The summed E-state index contributed by atoms with van der Waals surface area (Å²) in [5, 5.41) is 2.68. The van der Waals surface area contributed by atoms with Gasteiger partial charge in [0.25, 0.3) is 5.91 Å². The number of nitrogen functional groups attached to an aromatic ring is 1. The van der Waals surface area contributed by atoms with Gasteiger partial charge < -0.3 is 11.1 Å². The number of carbonyl (C=O) groups is 1. The van der Waals surface area contributed by atoms with Crippen molar-refractivity contribution in [3.8, 4) is 10.4 Å². The number of nitrogens with two attached hydrogens (primary N) is 1. The average Bonchev–Trinajstić information content (AvgIpc) is 3.13. The highest BCUT2D eigenvalue weighted by atomic mass is 32.1. The molecule has 0 unspecified atom stereocenters. The van der Waals surface area contributed by atoms with E-state index in [1.54, 1.807) is 6.07 Å². The molecule has 3 nitrogen and oxygen atoms in total. The topological polar surface area (TPSA) is 55.1 Å². The molecule has 1 aromatic heterocycles. The van der Waals surface area contributed by atoms with E-state index in [9.17, 15) is 13.6 Å². The second kappa shape index (κ2) is 7.72. The van der Waals surface area contributed by atoms with Crippen molar-refractivity contribution in [2.24, 2.45) is 0 Å². The number of hydrogen-bond acceptors (Lipinski definition) is 3. The second-order valence-electron chi connectivity index (χ2n) is 7.65.